The number of para-hydroxylation sites is 5. The van der Waals surface area contributed by atoms with Gasteiger partial charge in [0.15, 0.2) is 0 Å². The third kappa shape index (κ3) is 6.21. The number of aromatic nitrogens is 2. The van der Waals surface area contributed by atoms with E-state index in [1.807, 2.05) is 0 Å². The molecule has 296 valence electrons. The second-order valence-corrected chi connectivity index (χ2v) is 16.1. The van der Waals surface area contributed by atoms with Crippen molar-refractivity contribution in [2.75, 3.05) is 4.90 Å². The van der Waals surface area contributed by atoms with Gasteiger partial charge in [-0.3, -0.25) is 0 Å². The van der Waals surface area contributed by atoms with Gasteiger partial charge in [-0.15, -0.1) is 0 Å². The molecule has 0 aliphatic carbocycles. The van der Waals surface area contributed by atoms with Gasteiger partial charge in [-0.25, -0.2) is 0 Å². The van der Waals surface area contributed by atoms with Crippen LogP contribution in [-0.2, 0) is 0 Å². The van der Waals surface area contributed by atoms with Gasteiger partial charge in [0.1, 0.15) is 0 Å². The summed E-state index contributed by atoms with van der Waals surface area (Å²) in [4.78, 5) is 2.38. The molecule has 3 heteroatoms. The molecule has 0 radical (unpaired) electrons. The van der Waals surface area contributed by atoms with Crippen molar-refractivity contribution in [3.8, 4) is 44.8 Å². The number of rotatable bonds is 8. The molecule has 10 aromatic carbocycles. The number of benzene rings is 10. The van der Waals surface area contributed by atoms with E-state index in [4.69, 9.17) is 0 Å². The first kappa shape index (κ1) is 36.5. The van der Waals surface area contributed by atoms with Crippen LogP contribution in [0.4, 0.5) is 17.1 Å². The Kier molecular flexibility index (Phi) is 8.83. The molecular formula is C60H41N3. The molecule has 0 N–H and O–H groups in total. The molecule has 0 saturated heterocycles. The summed E-state index contributed by atoms with van der Waals surface area (Å²) >= 11 is 0. The van der Waals surface area contributed by atoms with Gasteiger partial charge in [0.25, 0.3) is 0 Å². The smallest absolute Gasteiger partial charge is 0.0619 e. The molecule has 0 aliphatic heterocycles. The van der Waals surface area contributed by atoms with Crippen molar-refractivity contribution in [1.29, 1.82) is 0 Å². The first-order chi connectivity index (χ1) is 31.3. The first-order valence-corrected chi connectivity index (χ1v) is 21.6. The molecule has 0 fully saturated rings. The van der Waals surface area contributed by atoms with Gasteiger partial charge in [0, 0.05) is 55.5 Å². The predicted octanol–water partition coefficient (Wildman–Crippen LogP) is 16.4. The summed E-state index contributed by atoms with van der Waals surface area (Å²) in [6, 6.07) is 90.0. The Balaban J connectivity index is 1.01. The Morgan fingerprint density at radius 3 is 1.27 bits per heavy atom. The lowest BCUT2D eigenvalue weighted by Crippen LogP contribution is -2.10. The summed E-state index contributed by atoms with van der Waals surface area (Å²) in [6.45, 7) is 0. The molecule has 3 nitrogen and oxygen atoms in total. The summed E-state index contributed by atoms with van der Waals surface area (Å²) in [6.07, 6.45) is 0. The zero-order valence-corrected chi connectivity index (χ0v) is 34.5. The lowest BCUT2D eigenvalue weighted by molar-refractivity contribution is 1.17. The van der Waals surface area contributed by atoms with Crippen LogP contribution in [0.3, 0.4) is 0 Å². The lowest BCUT2D eigenvalue weighted by atomic mass is 9.94. The SMILES string of the molecule is c1ccc(-c2ccccc2-c2ccc(N(c3ccc(-c4cccc5c6ccccc6n(-c6ccccc6)c45)cc3)c3cccc(-n4c5ccccc5c5ccccc54)c3)cc2)cc1. The molecule has 0 amide bonds. The van der Waals surface area contributed by atoms with Crippen molar-refractivity contribution in [3.05, 3.63) is 249 Å². The average Bonchev–Trinajstić information content (AvgIpc) is 3.89. The van der Waals surface area contributed by atoms with Crippen LogP contribution in [0.1, 0.15) is 0 Å². The van der Waals surface area contributed by atoms with Crippen LogP contribution < -0.4 is 4.90 Å². The molecule has 2 aromatic heterocycles. The van der Waals surface area contributed by atoms with E-state index in [0.717, 1.165) is 34.0 Å². The molecule has 0 atom stereocenters. The van der Waals surface area contributed by atoms with E-state index in [1.54, 1.807) is 0 Å². The summed E-state index contributed by atoms with van der Waals surface area (Å²) in [5.41, 5.74) is 17.5. The monoisotopic (exact) mass is 803 g/mol. The quantitative estimate of drug-likeness (QED) is 0.149. The zero-order chi connectivity index (χ0) is 41.7. The second kappa shape index (κ2) is 15.3. The van der Waals surface area contributed by atoms with Gasteiger partial charge < -0.3 is 14.0 Å². The molecule has 0 aliphatic rings. The highest BCUT2D eigenvalue weighted by atomic mass is 15.1. The highest BCUT2D eigenvalue weighted by Gasteiger charge is 2.19. The highest BCUT2D eigenvalue weighted by molar-refractivity contribution is 6.14. The molecule has 2 heterocycles. The summed E-state index contributed by atoms with van der Waals surface area (Å²) < 4.78 is 4.81. The average molecular weight is 804 g/mol. The standard InChI is InChI=1S/C60H41N3/c1-3-17-42(18-4-1)50-23-7-8-24-51(50)43-33-37-46(38-34-43)61(48-21-15-22-49(41-48)62-57-30-12-9-25-53(57)54-26-10-13-31-58(54)62)47-39-35-44(36-40-47)52-28-16-29-56-55-27-11-14-32-59(55)63(60(52)56)45-19-5-2-6-20-45/h1-41H. The highest BCUT2D eigenvalue weighted by Crippen LogP contribution is 2.42. The second-order valence-electron chi connectivity index (χ2n) is 16.1. The van der Waals surface area contributed by atoms with Crippen LogP contribution in [0.25, 0.3) is 88.4 Å². The van der Waals surface area contributed by atoms with Crippen molar-refractivity contribution < 1.29 is 0 Å². The Morgan fingerprint density at radius 2 is 0.667 bits per heavy atom. The topological polar surface area (TPSA) is 13.1 Å². The van der Waals surface area contributed by atoms with Crippen LogP contribution in [0, 0.1) is 0 Å². The van der Waals surface area contributed by atoms with Crippen LogP contribution in [-0.4, -0.2) is 9.13 Å². The van der Waals surface area contributed by atoms with Crippen molar-refractivity contribution in [2.24, 2.45) is 0 Å². The van der Waals surface area contributed by atoms with Crippen molar-refractivity contribution in [2.45, 2.75) is 0 Å². The summed E-state index contributed by atoms with van der Waals surface area (Å²) in [5.74, 6) is 0. The van der Waals surface area contributed by atoms with E-state index in [2.05, 4.69) is 263 Å². The minimum atomic E-state index is 1.07. The minimum Gasteiger partial charge on any atom is -0.310 e. The van der Waals surface area contributed by atoms with Crippen LogP contribution in [0.5, 0.6) is 0 Å². The molecule has 12 rings (SSSR count). The van der Waals surface area contributed by atoms with Crippen molar-refractivity contribution in [1.82, 2.24) is 9.13 Å². The molecule has 0 spiro atoms. The summed E-state index contributed by atoms with van der Waals surface area (Å²) in [5, 5.41) is 4.99. The zero-order valence-electron chi connectivity index (χ0n) is 34.5. The normalized spacial score (nSPS) is 11.5. The van der Waals surface area contributed by atoms with E-state index >= 15 is 0 Å². The van der Waals surface area contributed by atoms with E-state index in [1.165, 1.54) is 71.4 Å². The summed E-state index contributed by atoms with van der Waals surface area (Å²) in [7, 11) is 0. The molecule has 0 saturated carbocycles. The largest absolute Gasteiger partial charge is 0.310 e. The molecule has 63 heavy (non-hydrogen) atoms. The number of nitrogens with zero attached hydrogens (tertiary/aromatic N) is 3. The van der Waals surface area contributed by atoms with E-state index < -0.39 is 0 Å². The fourth-order valence-corrected chi connectivity index (χ4v) is 9.70. The van der Waals surface area contributed by atoms with Crippen molar-refractivity contribution >= 4 is 60.7 Å². The Morgan fingerprint density at radius 1 is 0.254 bits per heavy atom. The fourth-order valence-electron chi connectivity index (χ4n) is 9.70. The van der Waals surface area contributed by atoms with Crippen LogP contribution >= 0.6 is 0 Å². The molecule has 0 unspecified atom stereocenters. The van der Waals surface area contributed by atoms with Crippen molar-refractivity contribution in [3.63, 3.8) is 0 Å². The molecule has 12 aromatic rings. The Hall–Kier alpha value is -8.40. The third-order valence-electron chi connectivity index (χ3n) is 12.5. The van der Waals surface area contributed by atoms with Gasteiger partial charge in [-0.05, 0) is 101 Å². The Labute approximate surface area is 366 Å². The maximum Gasteiger partial charge on any atom is 0.0619 e. The number of anilines is 3. The van der Waals surface area contributed by atoms with E-state index in [-0.39, 0.29) is 0 Å². The van der Waals surface area contributed by atoms with E-state index in [0.29, 0.717) is 0 Å². The number of hydrogen-bond donors (Lipinski definition) is 0. The fraction of sp³-hybridized carbons (Fsp3) is 0. The molecular weight excluding hydrogens is 763 g/mol. The number of hydrogen-bond acceptors (Lipinski definition) is 1. The molecule has 0 bridgehead atoms. The van der Waals surface area contributed by atoms with E-state index in [9.17, 15) is 0 Å². The Bertz CT molecular complexity index is 3550. The van der Waals surface area contributed by atoms with Crippen LogP contribution in [0.15, 0.2) is 249 Å². The predicted molar refractivity (Wildman–Crippen MR) is 266 cm³/mol. The lowest BCUT2D eigenvalue weighted by Gasteiger charge is -2.27. The van der Waals surface area contributed by atoms with Gasteiger partial charge in [-0.1, -0.05) is 176 Å². The first-order valence-electron chi connectivity index (χ1n) is 21.6. The maximum atomic E-state index is 2.41. The minimum absolute atomic E-state index is 1.07. The van der Waals surface area contributed by atoms with Gasteiger partial charge in [-0.2, -0.15) is 0 Å². The van der Waals surface area contributed by atoms with Gasteiger partial charge in [0.2, 0.25) is 0 Å². The maximum absolute atomic E-state index is 2.41. The van der Waals surface area contributed by atoms with Crippen LogP contribution in [0.2, 0.25) is 0 Å². The third-order valence-corrected chi connectivity index (χ3v) is 12.5. The number of fused-ring (bicyclic) bond motifs is 6. The van der Waals surface area contributed by atoms with Gasteiger partial charge in [0.05, 0.1) is 22.1 Å². The van der Waals surface area contributed by atoms with Gasteiger partial charge >= 0.3 is 0 Å².